The van der Waals surface area contributed by atoms with Crippen molar-refractivity contribution in [3.05, 3.63) is 0 Å². The average molecular weight is 249 g/mol. The molecule has 0 saturated carbocycles. The summed E-state index contributed by atoms with van der Waals surface area (Å²) in [5.74, 6) is 0. The maximum atomic E-state index is 11.7. The van der Waals surface area contributed by atoms with Crippen LogP contribution in [0.15, 0.2) is 0 Å². The quantitative estimate of drug-likeness (QED) is 0.605. The van der Waals surface area contributed by atoms with Gasteiger partial charge in [-0.2, -0.15) is 31.0 Å². The van der Waals surface area contributed by atoms with E-state index in [9.17, 15) is 21.6 Å². The van der Waals surface area contributed by atoms with Crippen LogP contribution in [0.25, 0.3) is 0 Å². The van der Waals surface area contributed by atoms with Crippen molar-refractivity contribution in [2.75, 3.05) is 13.1 Å². The van der Waals surface area contributed by atoms with Crippen LogP contribution in [0.4, 0.5) is 13.2 Å². The standard InChI is InChI=1S/C6H14F3N3O2S/c1-5(2-3-10)12-15(13,14)11-4-6(7,8)9/h5,11-12H,2-4,10H2,1H3. The van der Waals surface area contributed by atoms with Crippen molar-refractivity contribution in [2.24, 2.45) is 5.73 Å². The van der Waals surface area contributed by atoms with Crippen molar-refractivity contribution in [3.63, 3.8) is 0 Å². The molecule has 0 fully saturated rings. The van der Waals surface area contributed by atoms with Crippen LogP contribution in [0.3, 0.4) is 0 Å². The highest BCUT2D eigenvalue weighted by molar-refractivity contribution is 7.87. The Kier molecular flexibility index (Phi) is 5.49. The Morgan fingerprint density at radius 3 is 2.33 bits per heavy atom. The number of nitrogens with one attached hydrogen (secondary N) is 2. The molecule has 5 nitrogen and oxygen atoms in total. The minimum Gasteiger partial charge on any atom is -0.330 e. The number of hydrogen-bond acceptors (Lipinski definition) is 3. The Morgan fingerprint density at radius 1 is 1.40 bits per heavy atom. The van der Waals surface area contributed by atoms with Crippen LogP contribution in [0.5, 0.6) is 0 Å². The van der Waals surface area contributed by atoms with Gasteiger partial charge in [0.05, 0.1) is 0 Å². The third-order valence-electron chi connectivity index (χ3n) is 1.42. The first-order valence-electron chi connectivity index (χ1n) is 4.20. The molecule has 0 bridgehead atoms. The summed E-state index contributed by atoms with van der Waals surface area (Å²) >= 11 is 0. The highest BCUT2D eigenvalue weighted by atomic mass is 32.2. The normalized spacial score (nSPS) is 15.3. The Labute approximate surface area is 86.4 Å². The van der Waals surface area contributed by atoms with Gasteiger partial charge in [0.25, 0.3) is 10.2 Å². The number of nitrogens with two attached hydrogens (primary N) is 1. The van der Waals surface area contributed by atoms with Gasteiger partial charge in [-0.1, -0.05) is 0 Å². The number of alkyl halides is 3. The number of rotatable bonds is 6. The van der Waals surface area contributed by atoms with Crippen molar-refractivity contribution in [1.82, 2.24) is 9.44 Å². The van der Waals surface area contributed by atoms with Crippen LogP contribution in [-0.4, -0.2) is 33.7 Å². The maximum Gasteiger partial charge on any atom is 0.402 e. The summed E-state index contributed by atoms with van der Waals surface area (Å²) in [4.78, 5) is 0. The van der Waals surface area contributed by atoms with Gasteiger partial charge in [0.2, 0.25) is 0 Å². The van der Waals surface area contributed by atoms with E-state index in [0.717, 1.165) is 0 Å². The van der Waals surface area contributed by atoms with Crippen molar-refractivity contribution in [2.45, 2.75) is 25.6 Å². The molecule has 0 rings (SSSR count). The van der Waals surface area contributed by atoms with Crippen LogP contribution < -0.4 is 15.2 Å². The zero-order chi connectivity index (χ0) is 12.1. The summed E-state index contributed by atoms with van der Waals surface area (Å²) < 4.78 is 60.5. The minimum atomic E-state index is -4.56. The van der Waals surface area contributed by atoms with E-state index >= 15 is 0 Å². The maximum absolute atomic E-state index is 11.7. The molecule has 0 aliphatic carbocycles. The van der Waals surface area contributed by atoms with E-state index in [1.54, 1.807) is 0 Å². The van der Waals surface area contributed by atoms with Gasteiger partial charge in [-0.25, -0.2) is 0 Å². The molecule has 0 amide bonds. The topological polar surface area (TPSA) is 84.2 Å². The lowest BCUT2D eigenvalue weighted by Crippen LogP contribution is -2.45. The predicted molar refractivity (Wildman–Crippen MR) is 49.2 cm³/mol. The fourth-order valence-electron chi connectivity index (χ4n) is 0.792. The molecule has 0 aromatic rings. The molecule has 9 heteroatoms. The second-order valence-electron chi connectivity index (χ2n) is 3.04. The van der Waals surface area contributed by atoms with E-state index < -0.39 is 29.0 Å². The fourth-order valence-corrected chi connectivity index (χ4v) is 1.88. The molecule has 4 N–H and O–H groups in total. The lowest BCUT2D eigenvalue weighted by Gasteiger charge is -2.14. The SMILES string of the molecule is CC(CCN)NS(=O)(=O)NCC(F)(F)F. The third kappa shape index (κ3) is 8.60. The van der Waals surface area contributed by atoms with Gasteiger partial charge in [-0.05, 0) is 19.9 Å². The lowest BCUT2D eigenvalue weighted by molar-refractivity contribution is -0.121. The minimum absolute atomic E-state index is 0.253. The van der Waals surface area contributed by atoms with Gasteiger partial charge in [0.1, 0.15) is 6.54 Å². The first kappa shape index (κ1) is 14.6. The lowest BCUT2D eigenvalue weighted by atomic mass is 10.3. The van der Waals surface area contributed by atoms with Crippen molar-refractivity contribution >= 4 is 10.2 Å². The molecule has 1 atom stereocenters. The molecule has 15 heavy (non-hydrogen) atoms. The summed E-state index contributed by atoms with van der Waals surface area (Å²) in [7, 11) is -4.11. The van der Waals surface area contributed by atoms with E-state index in [4.69, 9.17) is 5.73 Å². The first-order valence-corrected chi connectivity index (χ1v) is 5.68. The van der Waals surface area contributed by atoms with Crippen molar-refractivity contribution < 1.29 is 21.6 Å². The molecule has 1 unspecified atom stereocenters. The van der Waals surface area contributed by atoms with Crippen LogP contribution >= 0.6 is 0 Å². The molecular formula is C6H14F3N3O2S. The summed E-state index contributed by atoms with van der Waals surface area (Å²) in [6.07, 6.45) is -4.21. The van der Waals surface area contributed by atoms with Crippen LogP contribution in [0, 0.1) is 0 Å². The molecule has 0 aromatic carbocycles. The highest BCUT2D eigenvalue weighted by Crippen LogP contribution is 2.12. The van der Waals surface area contributed by atoms with E-state index in [1.807, 2.05) is 4.72 Å². The van der Waals surface area contributed by atoms with Crippen LogP contribution in [0.2, 0.25) is 0 Å². The Bertz CT molecular complexity index is 278. The Balaban J connectivity index is 4.09. The fraction of sp³-hybridized carbons (Fsp3) is 1.00. The van der Waals surface area contributed by atoms with Gasteiger partial charge < -0.3 is 5.73 Å². The molecule has 0 aliphatic heterocycles. The molecular weight excluding hydrogens is 235 g/mol. The van der Waals surface area contributed by atoms with Gasteiger partial charge in [0, 0.05) is 6.04 Å². The average Bonchev–Trinajstić information content (AvgIpc) is 1.99. The zero-order valence-corrected chi connectivity index (χ0v) is 8.95. The monoisotopic (exact) mass is 249 g/mol. The smallest absolute Gasteiger partial charge is 0.330 e. The van der Waals surface area contributed by atoms with Gasteiger partial charge in [-0.15, -0.1) is 0 Å². The molecule has 0 aliphatic rings. The summed E-state index contributed by atoms with van der Waals surface area (Å²) in [6, 6.07) is -0.499. The van der Waals surface area contributed by atoms with Crippen molar-refractivity contribution in [3.8, 4) is 0 Å². The van der Waals surface area contributed by atoms with E-state index in [2.05, 4.69) is 0 Å². The first-order chi connectivity index (χ1) is 6.66. The van der Waals surface area contributed by atoms with Gasteiger partial charge in [0.15, 0.2) is 0 Å². The predicted octanol–water partition coefficient (Wildman–Crippen LogP) is -0.290. The van der Waals surface area contributed by atoms with E-state index in [0.29, 0.717) is 6.42 Å². The van der Waals surface area contributed by atoms with Crippen molar-refractivity contribution in [1.29, 1.82) is 0 Å². The van der Waals surface area contributed by atoms with Crippen LogP contribution in [0.1, 0.15) is 13.3 Å². The second kappa shape index (κ2) is 5.64. The van der Waals surface area contributed by atoms with Gasteiger partial charge >= 0.3 is 6.18 Å². The molecule has 0 spiro atoms. The summed E-state index contributed by atoms with van der Waals surface area (Å²) in [6.45, 7) is 0.181. The number of hydrogen-bond donors (Lipinski definition) is 3. The summed E-state index contributed by atoms with van der Waals surface area (Å²) in [5.41, 5.74) is 5.16. The largest absolute Gasteiger partial charge is 0.402 e. The number of halogens is 3. The van der Waals surface area contributed by atoms with Crippen LogP contribution in [-0.2, 0) is 10.2 Å². The Morgan fingerprint density at radius 2 is 1.93 bits per heavy atom. The molecule has 0 heterocycles. The zero-order valence-electron chi connectivity index (χ0n) is 8.13. The third-order valence-corrected chi connectivity index (χ3v) is 2.66. The van der Waals surface area contributed by atoms with E-state index in [1.165, 1.54) is 11.6 Å². The van der Waals surface area contributed by atoms with E-state index in [-0.39, 0.29) is 6.54 Å². The molecule has 92 valence electrons. The molecule has 0 radical (unpaired) electrons. The Hall–Kier alpha value is -0.380. The van der Waals surface area contributed by atoms with Gasteiger partial charge in [-0.3, -0.25) is 0 Å². The highest BCUT2D eigenvalue weighted by Gasteiger charge is 2.29. The molecule has 0 aromatic heterocycles. The second-order valence-corrected chi connectivity index (χ2v) is 4.57. The molecule has 0 saturated heterocycles. The summed E-state index contributed by atoms with van der Waals surface area (Å²) in [5, 5.41) is 0.